The molecule has 1 aromatic heterocycles. The summed E-state index contributed by atoms with van der Waals surface area (Å²) in [5.41, 5.74) is 2.73. The van der Waals surface area contributed by atoms with Crippen molar-refractivity contribution in [3.63, 3.8) is 0 Å². The Morgan fingerprint density at radius 3 is 2.13 bits per heavy atom. The Bertz CT molecular complexity index is 1160. The second-order valence-corrected chi connectivity index (χ2v) is 7.83. The van der Waals surface area contributed by atoms with Crippen LogP contribution in [0.4, 0.5) is 5.82 Å². The normalized spacial score (nSPS) is 12.9. The molecule has 4 rings (SSSR count). The third-order valence-electron chi connectivity index (χ3n) is 4.66. The third-order valence-corrected chi connectivity index (χ3v) is 5.73. The SMILES string of the molecule is COc1ccc(-c2nc3c(n2C(C)=O)SC(c2ccc(C)cc2)=NN3C(C)=O)cc1. The van der Waals surface area contributed by atoms with Crippen molar-refractivity contribution >= 4 is 34.4 Å². The number of benzene rings is 2. The van der Waals surface area contributed by atoms with Gasteiger partial charge in [-0.05, 0) is 43.0 Å². The molecule has 8 heteroatoms. The summed E-state index contributed by atoms with van der Waals surface area (Å²) in [4.78, 5) is 29.6. The van der Waals surface area contributed by atoms with Crippen LogP contribution in [-0.2, 0) is 4.79 Å². The van der Waals surface area contributed by atoms with Crippen molar-refractivity contribution in [1.82, 2.24) is 9.55 Å². The number of methoxy groups -OCH3 is 1. The van der Waals surface area contributed by atoms with Gasteiger partial charge >= 0.3 is 0 Å². The van der Waals surface area contributed by atoms with Gasteiger partial charge in [0, 0.05) is 25.0 Å². The molecule has 7 nitrogen and oxygen atoms in total. The van der Waals surface area contributed by atoms with E-state index in [2.05, 4.69) is 10.1 Å². The Kier molecular flexibility index (Phi) is 5.17. The van der Waals surface area contributed by atoms with Gasteiger partial charge in [-0.25, -0.2) is 4.98 Å². The standard InChI is InChI=1S/C22H20N4O3S/c1-13-5-7-17(8-6-13)21-24-26(15(3)28)20-22(30-21)25(14(2)27)19(23-20)16-9-11-18(29-4)12-10-16/h5-12H,1-4H3. The van der Waals surface area contributed by atoms with E-state index in [-0.39, 0.29) is 11.8 Å². The number of thioether (sulfide) groups is 1. The van der Waals surface area contributed by atoms with E-state index in [9.17, 15) is 9.59 Å². The van der Waals surface area contributed by atoms with E-state index in [1.165, 1.54) is 35.2 Å². The number of aryl methyl sites for hydroxylation is 1. The lowest BCUT2D eigenvalue weighted by molar-refractivity contribution is -0.116. The van der Waals surface area contributed by atoms with Crippen LogP contribution in [0.3, 0.4) is 0 Å². The molecule has 0 saturated heterocycles. The lowest BCUT2D eigenvalue weighted by Gasteiger charge is -2.21. The van der Waals surface area contributed by atoms with Gasteiger partial charge in [-0.3, -0.25) is 14.2 Å². The summed E-state index contributed by atoms with van der Waals surface area (Å²) in [6.45, 7) is 4.91. The van der Waals surface area contributed by atoms with Crippen LogP contribution >= 0.6 is 11.8 Å². The molecule has 0 radical (unpaired) electrons. The molecule has 1 aliphatic heterocycles. The minimum atomic E-state index is -0.282. The van der Waals surface area contributed by atoms with Crippen molar-refractivity contribution in [3.8, 4) is 17.1 Å². The Labute approximate surface area is 178 Å². The number of anilines is 1. The number of rotatable bonds is 3. The predicted octanol–water partition coefficient (Wildman–Crippen LogP) is 4.35. The fraction of sp³-hybridized carbons (Fsp3) is 0.182. The average Bonchev–Trinajstić information content (AvgIpc) is 3.13. The van der Waals surface area contributed by atoms with Crippen LogP contribution in [-0.4, -0.2) is 33.5 Å². The number of amides is 1. The molecule has 1 amide bonds. The van der Waals surface area contributed by atoms with Crippen LogP contribution in [0.1, 0.15) is 29.8 Å². The van der Waals surface area contributed by atoms with Crippen molar-refractivity contribution in [3.05, 3.63) is 59.7 Å². The van der Waals surface area contributed by atoms with E-state index >= 15 is 0 Å². The van der Waals surface area contributed by atoms with Crippen LogP contribution < -0.4 is 9.75 Å². The first-order valence-electron chi connectivity index (χ1n) is 9.31. The van der Waals surface area contributed by atoms with Crippen LogP contribution in [0.15, 0.2) is 58.7 Å². The minimum absolute atomic E-state index is 0.198. The van der Waals surface area contributed by atoms with Gasteiger partial charge in [0.15, 0.2) is 5.82 Å². The van der Waals surface area contributed by atoms with Gasteiger partial charge < -0.3 is 4.74 Å². The van der Waals surface area contributed by atoms with Crippen molar-refractivity contribution in [2.24, 2.45) is 5.10 Å². The molecule has 0 spiro atoms. The highest BCUT2D eigenvalue weighted by atomic mass is 32.2. The molecule has 0 fully saturated rings. The first-order chi connectivity index (χ1) is 14.4. The Morgan fingerprint density at radius 2 is 1.57 bits per heavy atom. The number of fused-ring (bicyclic) bond motifs is 1. The summed E-state index contributed by atoms with van der Waals surface area (Å²) in [6, 6.07) is 15.1. The zero-order valence-electron chi connectivity index (χ0n) is 17.0. The number of imidazole rings is 1. The lowest BCUT2D eigenvalue weighted by Crippen LogP contribution is -2.28. The quantitative estimate of drug-likeness (QED) is 0.630. The molecular weight excluding hydrogens is 400 g/mol. The lowest BCUT2D eigenvalue weighted by atomic mass is 10.2. The molecule has 0 saturated carbocycles. The van der Waals surface area contributed by atoms with Crippen molar-refractivity contribution in [2.45, 2.75) is 25.8 Å². The van der Waals surface area contributed by atoms with E-state index in [0.717, 1.165) is 16.7 Å². The maximum atomic E-state index is 12.6. The summed E-state index contributed by atoms with van der Waals surface area (Å²) in [5, 5.41) is 6.96. The molecule has 152 valence electrons. The fourth-order valence-corrected chi connectivity index (χ4v) is 4.22. The van der Waals surface area contributed by atoms with Crippen LogP contribution in [0.25, 0.3) is 11.4 Å². The van der Waals surface area contributed by atoms with Gasteiger partial charge in [0.1, 0.15) is 21.6 Å². The maximum Gasteiger partial charge on any atom is 0.245 e. The van der Waals surface area contributed by atoms with E-state index < -0.39 is 0 Å². The van der Waals surface area contributed by atoms with Gasteiger partial charge in [0.05, 0.1) is 7.11 Å². The number of carbonyl (C=O) groups excluding carboxylic acids is 2. The first kappa shape index (κ1) is 19.9. The van der Waals surface area contributed by atoms with Gasteiger partial charge in [-0.15, -0.1) is 0 Å². The van der Waals surface area contributed by atoms with Crippen molar-refractivity contribution in [1.29, 1.82) is 0 Å². The van der Waals surface area contributed by atoms with E-state index in [0.29, 0.717) is 27.5 Å². The van der Waals surface area contributed by atoms with Crippen molar-refractivity contribution < 1.29 is 14.3 Å². The van der Waals surface area contributed by atoms with Gasteiger partial charge in [-0.1, -0.05) is 29.8 Å². The summed E-state index contributed by atoms with van der Waals surface area (Å²) < 4.78 is 6.74. The van der Waals surface area contributed by atoms with Gasteiger partial charge in [-0.2, -0.15) is 10.1 Å². The largest absolute Gasteiger partial charge is 0.497 e. The van der Waals surface area contributed by atoms with Crippen LogP contribution in [0.2, 0.25) is 0 Å². The topological polar surface area (TPSA) is 76.8 Å². The molecule has 0 N–H and O–H groups in total. The number of hydrogen-bond acceptors (Lipinski definition) is 6. The number of hydrogen-bond donors (Lipinski definition) is 0. The molecule has 1 aliphatic rings. The third kappa shape index (κ3) is 3.50. The predicted molar refractivity (Wildman–Crippen MR) is 117 cm³/mol. The first-order valence-corrected chi connectivity index (χ1v) is 10.1. The highest BCUT2D eigenvalue weighted by Gasteiger charge is 2.32. The number of nitrogens with zero attached hydrogens (tertiary/aromatic N) is 4. The molecule has 0 atom stereocenters. The zero-order valence-corrected chi connectivity index (χ0v) is 17.9. The van der Waals surface area contributed by atoms with Crippen LogP contribution in [0.5, 0.6) is 5.75 Å². The molecule has 0 unspecified atom stereocenters. The number of aromatic nitrogens is 2. The Morgan fingerprint density at radius 1 is 0.933 bits per heavy atom. The molecular formula is C22H20N4O3S. The second-order valence-electron chi connectivity index (χ2n) is 6.85. The Balaban J connectivity index is 1.87. The number of ether oxygens (including phenoxy) is 1. The summed E-state index contributed by atoms with van der Waals surface area (Å²) >= 11 is 1.33. The molecule has 30 heavy (non-hydrogen) atoms. The van der Waals surface area contributed by atoms with E-state index in [1.54, 1.807) is 19.2 Å². The number of hydrazone groups is 1. The zero-order chi connectivity index (χ0) is 21.4. The maximum absolute atomic E-state index is 12.6. The Hall–Kier alpha value is -3.39. The highest BCUT2D eigenvalue weighted by molar-refractivity contribution is 8.14. The smallest absolute Gasteiger partial charge is 0.245 e. The van der Waals surface area contributed by atoms with Gasteiger partial charge in [0.25, 0.3) is 0 Å². The highest BCUT2D eigenvalue weighted by Crippen LogP contribution is 2.40. The average molecular weight is 420 g/mol. The molecule has 0 bridgehead atoms. The summed E-state index contributed by atoms with van der Waals surface area (Å²) in [5.74, 6) is 1.03. The van der Waals surface area contributed by atoms with Gasteiger partial charge in [0.2, 0.25) is 11.8 Å². The molecule has 2 aromatic carbocycles. The van der Waals surface area contributed by atoms with Crippen LogP contribution in [0, 0.1) is 6.92 Å². The number of carbonyl (C=O) groups is 2. The summed E-state index contributed by atoms with van der Waals surface area (Å²) in [6.07, 6.45) is 0. The van der Waals surface area contributed by atoms with E-state index in [4.69, 9.17) is 4.74 Å². The van der Waals surface area contributed by atoms with E-state index in [1.807, 2.05) is 43.3 Å². The summed E-state index contributed by atoms with van der Waals surface area (Å²) in [7, 11) is 1.59. The molecule has 2 heterocycles. The monoisotopic (exact) mass is 420 g/mol. The molecule has 0 aliphatic carbocycles. The molecule has 3 aromatic rings. The second kappa shape index (κ2) is 7.79. The minimum Gasteiger partial charge on any atom is -0.497 e. The van der Waals surface area contributed by atoms with Crippen molar-refractivity contribution in [2.75, 3.05) is 12.1 Å². The fourth-order valence-electron chi connectivity index (χ4n) is 3.13.